The van der Waals surface area contributed by atoms with Crippen molar-refractivity contribution in [2.45, 2.75) is 25.4 Å². The third-order valence-electron chi connectivity index (χ3n) is 2.31. The van der Waals surface area contributed by atoms with Crippen LogP contribution in [0.3, 0.4) is 0 Å². The molecule has 2 rings (SSSR count). The molecule has 4 N–H and O–H groups in total. The van der Waals surface area contributed by atoms with Crippen molar-refractivity contribution in [2.24, 2.45) is 9.98 Å². The van der Waals surface area contributed by atoms with E-state index in [1.165, 1.54) is 0 Å². The van der Waals surface area contributed by atoms with Gasteiger partial charge in [0.2, 0.25) is 11.9 Å². The number of anilines is 2. The molecule has 7 heteroatoms. The first kappa shape index (κ1) is 10.5. The summed E-state index contributed by atoms with van der Waals surface area (Å²) in [7, 11) is 0. The fraction of sp³-hybridized carbons (Fsp3) is 0.444. The van der Waals surface area contributed by atoms with Crippen LogP contribution in [0.25, 0.3) is 0 Å². The Morgan fingerprint density at radius 1 is 1.06 bits per heavy atom. The second-order valence-corrected chi connectivity index (χ2v) is 3.74. The predicted molar refractivity (Wildman–Crippen MR) is 62.4 cm³/mol. The van der Waals surface area contributed by atoms with Gasteiger partial charge in [-0.05, 0) is 13.3 Å². The maximum atomic E-state index is 5.47. The number of hydrogen-bond donors (Lipinski definition) is 2. The van der Waals surface area contributed by atoms with Crippen LogP contribution in [0.15, 0.2) is 9.98 Å². The van der Waals surface area contributed by atoms with E-state index in [-0.39, 0.29) is 11.9 Å². The van der Waals surface area contributed by atoms with Gasteiger partial charge in [0, 0.05) is 18.9 Å². The predicted octanol–water partition coefficient (Wildman–Crippen LogP) is -0.160. The Labute approximate surface area is 92.7 Å². The highest BCUT2D eigenvalue weighted by atomic mass is 15.1. The average Bonchev–Trinajstić information content (AvgIpc) is 2.62. The van der Waals surface area contributed by atoms with E-state index in [2.05, 4.69) is 24.9 Å². The summed E-state index contributed by atoms with van der Waals surface area (Å²) in [6.07, 6.45) is 4.71. The smallest absolute Gasteiger partial charge is 0.225 e. The van der Waals surface area contributed by atoms with Crippen molar-refractivity contribution in [2.75, 3.05) is 11.5 Å². The molecule has 2 heterocycles. The van der Waals surface area contributed by atoms with Crippen molar-refractivity contribution >= 4 is 24.3 Å². The molecule has 1 aromatic heterocycles. The highest BCUT2D eigenvalue weighted by Gasteiger charge is 2.23. The maximum absolute atomic E-state index is 5.47. The minimum atomic E-state index is -0.407. The zero-order valence-electron chi connectivity index (χ0n) is 8.96. The van der Waals surface area contributed by atoms with Crippen LogP contribution in [0.2, 0.25) is 0 Å². The number of aliphatic imine (C=N–C) groups is 2. The van der Waals surface area contributed by atoms with Gasteiger partial charge in [-0.2, -0.15) is 15.0 Å². The lowest BCUT2D eigenvalue weighted by Crippen LogP contribution is -2.18. The normalized spacial score (nSPS) is 16.8. The Bertz CT molecular complexity index is 419. The molecule has 0 bridgehead atoms. The van der Waals surface area contributed by atoms with Crippen molar-refractivity contribution in [1.29, 1.82) is 0 Å². The van der Waals surface area contributed by atoms with Gasteiger partial charge in [-0.1, -0.05) is 0 Å². The molecule has 0 unspecified atom stereocenters. The molecular formula is C9H13N7. The first-order chi connectivity index (χ1) is 7.57. The number of nitrogens with two attached hydrogens (primary N) is 2. The lowest BCUT2D eigenvalue weighted by atomic mass is 10.1. The fourth-order valence-corrected chi connectivity index (χ4v) is 1.47. The molecule has 0 spiro atoms. The highest BCUT2D eigenvalue weighted by molar-refractivity contribution is 6.17. The molecule has 1 aromatic rings. The van der Waals surface area contributed by atoms with Crippen molar-refractivity contribution in [3.8, 4) is 0 Å². The maximum Gasteiger partial charge on any atom is 0.225 e. The molecule has 0 aliphatic carbocycles. The van der Waals surface area contributed by atoms with E-state index in [0.717, 1.165) is 0 Å². The molecule has 0 saturated heterocycles. The lowest BCUT2D eigenvalue weighted by Gasteiger charge is -2.16. The minimum absolute atomic E-state index is 0.145. The van der Waals surface area contributed by atoms with Crippen LogP contribution in [0.1, 0.15) is 19.2 Å². The lowest BCUT2D eigenvalue weighted by molar-refractivity contribution is 0.463. The summed E-state index contributed by atoms with van der Waals surface area (Å²) in [5, 5.41) is 0. The van der Waals surface area contributed by atoms with Crippen LogP contribution < -0.4 is 11.5 Å². The van der Waals surface area contributed by atoms with E-state index in [1.807, 2.05) is 6.92 Å². The van der Waals surface area contributed by atoms with Crippen molar-refractivity contribution < 1.29 is 0 Å². The quantitative estimate of drug-likeness (QED) is 0.732. The Kier molecular flexibility index (Phi) is 2.51. The molecule has 0 radical (unpaired) electrons. The van der Waals surface area contributed by atoms with Crippen molar-refractivity contribution in [1.82, 2.24) is 15.0 Å². The minimum Gasteiger partial charge on any atom is -0.368 e. The van der Waals surface area contributed by atoms with E-state index in [4.69, 9.17) is 11.5 Å². The van der Waals surface area contributed by atoms with E-state index in [1.54, 1.807) is 12.4 Å². The Hall–Kier alpha value is -2.05. The monoisotopic (exact) mass is 219 g/mol. The summed E-state index contributed by atoms with van der Waals surface area (Å²) in [6.45, 7) is 1.95. The fourth-order valence-electron chi connectivity index (χ4n) is 1.47. The SMILES string of the molecule is CC1(CCc2nc(N)nc(N)n2)N=CC=N1. The number of rotatable bonds is 3. The van der Waals surface area contributed by atoms with Crippen LogP contribution in [0, 0.1) is 0 Å². The van der Waals surface area contributed by atoms with Crippen molar-refractivity contribution in [3.05, 3.63) is 5.82 Å². The molecule has 0 fully saturated rings. The summed E-state index contributed by atoms with van der Waals surface area (Å²) >= 11 is 0. The third-order valence-corrected chi connectivity index (χ3v) is 2.31. The number of hydrogen-bond acceptors (Lipinski definition) is 7. The largest absolute Gasteiger partial charge is 0.368 e. The molecule has 0 amide bonds. The molecule has 0 saturated carbocycles. The Morgan fingerprint density at radius 3 is 2.19 bits per heavy atom. The van der Waals surface area contributed by atoms with Crippen LogP contribution >= 0.6 is 0 Å². The van der Waals surface area contributed by atoms with Gasteiger partial charge >= 0.3 is 0 Å². The number of nitrogen functional groups attached to an aromatic ring is 2. The third kappa shape index (κ3) is 2.30. The highest BCUT2D eigenvalue weighted by Crippen LogP contribution is 2.21. The molecule has 1 aliphatic heterocycles. The van der Waals surface area contributed by atoms with Gasteiger partial charge < -0.3 is 11.5 Å². The molecule has 0 aromatic carbocycles. The first-order valence-electron chi connectivity index (χ1n) is 4.92. The second-order valence-electron chi connectivity index (χ2n) is 3.74. The average molecular weight is 219 g/mol. The number of aromatic nitrogens is 3. The molecule has 7 nitrogen and oxygen atoms in total. The van der Waals surface area contributed by atoms with Crippen LogP contribution in [-0.4, -0.2) is 33.0 Å². The molecule has 0 atom stereocenters. The summed E-state index contributed by atoms with van der Waals surface area (Å²) < 4.78 is 0. The molecular weight excluding hydrogens is 206 g/mol. The van der Waals surface area contributed by atoms with Gasteiger partial charge in [0.05, 0.1) is 0 Å². The molecule has 84 valence electrons. The van der Waals surface area contributed by atoms with Crippen molar-refractivity contribution in [3.63, 3.8) is 0 Å². The summed E-state index contributed by atoms with van der Waals surface area (Å²) in [5.74, 6) is 0.862. The number of nitrogens with zero attached hydrogens (tertiary/aromatic N) is 5. The van der Waals surface area contributed by atoms with Gasteiger partial charge in [0.1, 0.15) is 11.5 Å². The Balaban J connectivity index is 2.05. The summed E-state index contributed by atoms with van der Waals surface area (Å²) in [5.41, 5.74) is 10.5. The van der Waals surface area contributed by atoms with Gasteiger partial charge in [-0.3, -0.25) is 9.98 Å². The number of aryl methyl sites for hydroxylation is 1. The van der Waals surface area contributed by atoms with Gasteiger partial charge in [-0.15, -0.1) is 0 Å². The van der Waals surface area contributed by atoms with E-state index in [9.17, 15) is 0 Å². The van der Waals surface area contributed by atoms with Crippen LogP contribution in [0.4, 0.5) is 11.9 Å². The van der Waals surface area contributed by atoms with Crippen LogP contribution in [-0.2, 0) is 6.42 Å². The topological polar surface area (TPSA) is 115 Å². The van der Waals surface area contributed by atoms with Crippen LogP contribution in [0.5, 0.6) is 0 Å². The standard InChI is InChI=1S/C9H13N7/c1-9(12-4-5-13-9)3-2-6-14-7(10)16-8(11)15-6/h4-5H,2-3H2,1H3,(H4,10,11,14,15,16). The van der Waals surface area contributed by atoms with E-state index < -0.39 is 5.66 Å². The van der Waals surface area contributed by atoms with E-state index >= 15 is 0 Å². The molecule has 1 aliphatic rings. The summed E-state index contributed by atoms with van der Waals surface area (Å²) in [4.78, 5) is 20.2. The first-order valence-corrected chi connectivity index (χ1v) is 4.92. The molecule has 16 heavy (non-hydrogen) atoms. The zero-order valence-corrected chi connectivity index (χ0v) is 8.96. The van der Waals surface area contributed by atoms with E-state index in [0.29, 0.717) is 18.7 Å². The Morgan fingerprint density at radius 2 is 1.62 bits per heavy atom. The zero-order chi connectivity index (χ0) is 11.6. The summed E-state index contributed by atoms with van der Waals surface area (Å²) in [6, 6.07) is 0. The van der Waals surface area contributed by atoms with Gasteiger partial charge in [-0.25, -0.2) is 0 Å². The second kappa shape index (κ2) is 3.84. The van der Waals surface area contributed by atoms with Gasteiger partial charge in [0.15, 0.2) is 0 Å². The van der Waals surface area contributed by atoms with Gasteiger partial charge in [0.25, 0.3) is 0 Å².